The van der Waals surface area contributed by atoms with Crippen LogP contribution in [0.15, 0.2) is 85.2 Å². The molecule has 0 spiro atoms. The molecule has 69 heavy (non-hydrogen) atoms. The maximum atomic E-state index is 15.2. The van der Waals surface area contributed by atoms with E-state index in [1.54, 1.807) is 11.8 Å². The number of aromatic nitrogens is 3. The number of nitrogens with zero attached hydrogens (tertiary/aromatic N) is 5. The van der Waals surface area contributed by atoms with Crippen LogP contribution in [0.4, 0.5) is 25.0 Å². The van der Waals surface area contributed by atoms with Gasteiger partial charge >= 0.3 is 6.03 Å². The van der Waals surface area contributed by atoms with Gasteiger partial charge in [0.15, 0.2) is 0 Å². The number of carbonyl (C=O) groups excluding carboxylic acids is 3. The summed E-state index contributed by atoms with van der Waals surface area (Å²) in [6.07, 6.45) is 6.23. The summed E-state index contributed by atoms with van der Waals surface area (Å²) in [4.78, 5) is 55.9. The Balaban J connectivity index is 0.735. The first-order valence-electron chi connectivity index (χ1n) is 23.7. The van der Waals surface area contributed by atoms with Crippen LogP contribution in [-0.2, 0) is 21.7 Å². The average Bonchev–Trinajstić information content (AvgIpc) is 3.77. The quantitative estimate of drug-likeness (QED) is 0.0831. The number of H-pyrrole nitrogens is 1. The van der Waals surface area contributed by atoms with Gasteiger partial charge in [-0.05, 0) is 130 Å². The second-order valence-electron chi connectivity index (χ2n) is 18.9. The zero-order chi connectivity index (χ0) is 48.4. The van der Waals surface area contributed by atoms with E-state index < -0.39 is 23.1 Å². The number of piperidine rings is 2. The monoisotopic (exact) mass is 940 g/mol. The molecule has 360 valence electrons. The number of hydrogen-bond donors (Lipinski definition) is 4. The highest BCUT2D eigenvalue weighted by Crippen LogP contribution is 2.36. The summed E-state index contributed by atoms with van der Waals surface area (Å²) >= 11 is 0. The van der Waals surface area contributed by atoms with E-state index in [0.29, 0.717) is 46.6 Å². The molecule has 0 aliphatic carbocycles. The number of hydrogen-bond acceptors (Lipinski definition) is 10. The van der Waals surface area contributed by atoms with Gasteiger partial charge < -0.3 is 24.9 Å². The molecule has 4 aromatic carbocycles. The lowest BCUT2D eigenvalue weighted by Crippen LogP contribution is -2.49. The van der Waals surface area contributed by atoms with Crippen molar-refractivity contribution >= 4 is 40.3 Å². The normalized spacial score (nSPS) is 16.8. The highest BCUT2D eigenvalue weighted by Gasteiger charge is 2.28. The third-order valence-corrected chi connectivity index (χ3v) is 13.5. The Labute approximate surface area is 400 Å². The van der Waals surface area contributed by atoms with Gasteiger partial charge in [-0.2, -0.15) is 0 Å². The van der Waals surface area contributed by atoms with Crippen molar-refractivity contribution in [2.75, 3.05) is 56.1 Å². The molecule has 3 aliphatic heterocycles. The minimum atomic E-state index is -1.29. The van der Waals surface area contributed by atoms with Crippen molar-refractivity contribution in [2.24, 2.45) is 0 Å². The Morgan fingerprint density at radius 3 is 2.28 bits per heavy atom. The van der Waals surface area contributed by atoms with E-state index in [4.69, 9.17) is 9.47 Å². The van der Waals surface area contributed by atoms with Crippen LogP contribution >= 0.6 is 0 Å². The minimum Gasteiger partial charge on any atom is -0.492 e. The molecule has 0 unspecified atom stereocenters. The maximum absolute atomic E-state index is 15.2. The number of amides is 4. The number of ether oxygens (including phenoxy) is 2. The summed E-state index contributed by atoms with van der Waals surface area (Å²) in [5.41, 5.74) is 5.74. The number of rotatable bonds is 14. The molecular weight excluding hydrogens is 883 g/mol. The van der Waals surface area contributed by atoms with Crippen molar-refractivity contribution in [2.45, 2.75) is 84.2 Å². The van der Waals surface area contributed by atoms with Crippen LogP contribution in [0, 0.1) is 25.5 Å². The highest BCUT2D eigenvalue weighted by atomic mass is 19.1. The summed E-state index contributed by atoms with van der Waals surface area (Å²) in [5.74, 6) is -1.63. The first-order valence-corrected chi connectivity index (χ1v) is 23.7. The molecule has 3 fully saturated rings. The fraction of sp³-hybridized carbons (Fsp3) is 0.377. The number of aliphatic hydroxyl groups is 1. The molecule has 6 aromatic rings. The van der Waals surface area contributed by atoms with Crippen molar-refractivity contribution in [1.29, 1.82) is 0 Å². The summed E-state index contributed by atoms with van der Waals surface area (Å²) in [6, 6.07) is 22.2. The summed E-state index contributed by atoms with van der Waals surface area (Å²) < 4.78 is 42.9. The number of urea groups is 1. The first-order chi connectivity index (χ1) is 33.1. The Bertz CT molecular complexity index is 2870. The zero-order valence-electron chi connectivity index (χ0n) is 39.4. The van der Waals surface area contributed by atoms with Crippen LogP contribution in [0.3, 0.4) is 0 Å². The third-order valence-electron chi connectivity index (χ3n) is 13.5. The molecule has 9 rings (SSSR count). The van der Waals surface area contributed by atoms with Gasteiger partial charge in [0, 0.05) is 80.3 Å². The van der Waals surface area contributed by atoms with Crippen LogP contribution in [-0.4, -0.2) is 106 Å². The number of aromatic amines is 1. The van der Waals surface area contributed by atoms with Gasteiger partial charge in [-0.25, -0.2) is 23.5 Å². The van der Waals surface area contributed by atoms with Gasteiger partial charge in [0.05, 0.1) is 29.1 Å². The summed E-state index contributed by atoms with van der Waals surface area (Å²) in [7, 11) is 0. The predicted octanol–water partition coefficient (Wildman–Crippen LogP) is 8.64. The molecule has 4 N–H and O–H groups in total. The fourth-order valence-electron chi connectivity index (χ4n) is 9.53. The third kappa shape index (κ3) is 11.0. The van der Waals surface area contributed by atoms with Crippen LogP contribution in [0.1, 0.15) is 78.6 Å². The van der Waals surface area contributed by atoms with Crippen molar-refractivity contribution in [3.8, 4) is 28.3 Å². The van der Waals surface area contributed by atoms with Crippen molar-refractivity contribution in [1.82, 2.24) is 30.1 Å². The molecular formula is C53H58F2N8O6. The van der Waals surface area contributed by atoms with E-state index in [9.17, 15) is 19.5 Å². The number of carbonyl (C=O) groups is 3. The molecule has 3 saturated heterocycles. The number of halogens is 2. The second kappa shape index (κ2) is 20.2. The Morgan fingerprint density at radius 2 is 1.59 bits per heavy atom. The molecule has 4 amide bonds. The smallest absolute Gasteiger partial charge is 0.328 e. The average molecular weight is 941 g/mol. The number of benzene rings is 4. The van der Waals surface area contributed by atoms with E-state index >= 15 is 8.78 Å². The molecule has 0 atom stereocenters. The molecule has 0 bridgehead atoms. The predicted molar refractivity (Wildman–Crippen MR) is 260 cm³/mol. The molecule has 16 heteroatoms. The largest absolute Gasteiger partial charge is 0.492 e. The van der Waals surface area contributed by atoms with Crippen molar-refractivity contribution < 1.29 is 37.7 Å². The van der Waals surface area contributed by atoms with E-state index in [-0.39, 0.29) is 41.8 Å². The van der Waals surface area contributed by atoms with E-state index in [0.717, 1.165) is 99.3 Å². The molecule has 2 aromatic heterocycles. The highest BCUT2D eigenvalue weighted by molar-refractivity contribution is 6.07. The fourth-order valence-corrected chi connectivity index (χ4v) is 9.53. The molecule has 3 aliphatic rings. The van der Waals surface area contributed by atoms with Crippen molar-refractivity contribution in [3.63, 3.8) is 0 Å². The van der Waals surface area contributed by atoms with E-state index in [1.807, 2.05) is 31.2 Å². The number of imide groups is 1. The summed E-state index contributed by atoms with van der Waals surface area (Å²) in [5, 5.41) is 16.0. The van der Waals surface area contributed by atoms with Crippen molar-refractivity contribution in [3.05, 3.63) is 125 Å². The van der Waals surface area contributed by atoms with Gasteiger partial charge in [-0.1, -0.05) is 30.3 Å². The Hall–Kier alpha value is -6.59. The van der Waals surface area contributed by atoms with Crippen LogP contribution in [0.25, 0.3) is 33.5 Å². The first kappa shape index (κ1) is 47.5. The van der Waals surface area contributed by atoms with Gasteiger partial charge in [-0.3, -0.25) is 29.6 Å². The lowest BCUT2D eigenvalue weighted by molar-refractivity contribution is -0.120. The summed E-state index contributed by atoms with van der Waals surface area (Å²) in [6.45, 7) is 13.2. The van der Waals surface area contributed by atoms with Crippen LogP contribution in [0.2, 0.25) is 0 Å². The number of anilines is 2. The van der Waals surface area contributed by atoms with Gasteiger partial charge in [0.2, 0.25) is 5.91 Å². The van der Waals surface area contributed by atoms with Crippen LogP contribution < -0.4 is 20.3 Å². The van der Waals surface area contributed by atoms with Gasteiger partial charge in [0.1, 0.15) is 36.0 Å². The zero-order valence-corrected chi connectivity index (χ0v) is 39.4. The lowest BCUT2D eigenvalue weighted by Gasteiger charge is -2.37. The minimum absolute atomic E-state index is 0.178. The van der Waals surface area contributed by atoms with Crippen LogP contribution in [0.5, 0.6) is 5.75 Å². The molecule has 0 saturated carbocycles. The second-order valence-corrected chi connectivity index (χ2v) is 18.9. The SMILES string of the molecule is Cc1cc(OCCN2CCC(OC3CCN(Cc4ccc(-c5cc6c(-c7cc(F)cc(NC(=O)c8ccc(C(C)(C)O)cc8F)c7C)ncnc6[nH]5)cc4)CC3)CC2)ccc1N1CCC(=O)NC1=O. The topological polar surface area (TPSA) is 165 Å². The van der Waals surface area contributed by atoms with Gasteiger partial charge in [0.25, 0.3) is 5.91 Å². The van der Waals surface area contributed by atoms with Gasteiger partial charge in [-0.15, -0.1) is 0 Å². The Kier molecular flexibility index (Phi) is 13.9. The number of aryl methyl sites for hydroxylation is 1. The van der Waals surface area contributed by atoms with E-state index in [1.165, 1.54) is 50.0 Å². The molecule has 0 radical (unpaired) electrons. The maximum Gasteiger partial charge on any atom is 0.328 e. The number of nitrogens with one attached hydrogen (secondary N) is 3. The standard InChI is InChI=1S/C53H58F2N8O6/c1-32-25-40(10-12-47(32)63-22-17-48(64)60-52(63)66)68-24-23-61-18-13-38(14-19-61)69-39-15-20-62(21-16-39)30-34-5-7-35(8-6-34)46-29-43-49(56-31-57-50(43)58-46)42-27-37(54)28-45(33(42)2)59-51(65)41-11-9-36(26-44(41)55)53(3,4)67/h5-12,25-29,31,38-39,67H,13-24,30H2,1-4H3,(H,59,65)(H,56,57,58)(H,60,64,66). The Morgan fingerprint density at radius 1 is 0.870 bits per heavy atom. The van der Waals surface area contributed by atoms with E-state index in [2.05, 4.69) is 59.7 Å². The number of fused-ring (bicyclic) bond motifs is 1. The molecule has 14 nitrogen and oxygen atoms in total. The lowest BCUT2D eigenvalue weighted by atomic mass is 9.96. The number of likely N-dealkylation sites (tertiary alicyclic amines) is 2. The molecule has 5 heterocycles.